The van der Waals surface area contributed by atoms with Gasteiger partial charge in [-0.3, -0.25) is 0 Å². The van der Waals surface area contributed by atoms with Gasteiger partial charge in [-0.15, -0.1) is 0 Å². The van der Waals surface area contributed by atoms with E-state index in [1.165, 1.54) is 16.7 Å². The van der Waals surface area contributed by atoms with Crippen LogP contribution in [0.2, 0.25) is 0 Å². The van der Waals surface area contributed by atoms with Gasteiger partial charge in [0.15, 0.2) is 0 Å². The Morgan fingerprint density at radius 3 is 2.24 bits per heavy atom. The zero-order valence-corrected chi connectivity index (χ0v) is 13.1. The smallest absolute Gasteiger partial charge is 0.119 e. The molecule has 2 rings (SSSR count). The van der Waals surface area contributed by atoms with Gasteiger partial charge < -0.3 is 14.8 Å². The molecule has 3 heteroatoms. The maximum Gasteiger partial charge on any atom is 0.119 e. The first-order valence-corrected chi connectivity index (χ1v) is 7.22. The van der Waals surface area contributed by atoms with Crippen molar-refractivity contribution in [2.45, 2.75) is 26.5 Å². The Kier molecular flexibility index (Phi) is 5.23. The average Bonchev–Trinajstić information content (AvgIpc) is 2.48. The largest absolute Gasteiger partial charge is 0.497 e. The zero-order valence-electron chi connectivity index (χ0n) is 13.1. The van der Waals surface area contributed by atoms with Crippen molar-refractivity contribution in [3.63, 3.8) is 0 Å². The highest BCUT2D eigenvalue weighted by atomic mass is 16.5. The van der Waals surface area contributed by atoms with Crippen LogP contribution in [-0.2, 0) is 6.54 Å². The first-order chi connectivity index (χ1) is 10.1. The highest BCUT2D eigenvalue weighted by molar-refractivity contribution is 5.69. The first kappa shape index (κ1) is 15.4. The summed E-state index contributed by atoms with van der Waals surface area (Å²) in [5.74, 6) is 1.78. The molecule has 0 aromatic heterocycles. The molecule has 0 aliphatic heterocycles. The lowest BCUT2D eigenvalue weighted by atomic mass is 9.99. The minimum atomic E-state index is 0.191. The molecule has 0 spiro atoms. The Balaban J connectivity index is 2.32. The van der Waals surface area contributed by atoms with Crippen LogP contribution in [0, 0.1) is 0 Å². The van der Waals surface area contributed by atoms with E-state index in [0.29, 0.717) is 0 Å². The Morgan fingerprint density at radius 1 is 1.00 bits per heavy atom. The van der Waals surface area contributed by atoms with Crippen molar-refractivity contribution in [3.8, 4) is 22.6 Å². The van der Waals surface area contributed by atoms with E-state index < -0.39 is 0 Å². The average molecular weight is 285 g/mol. The van der Waals surface area contributed by atoms with Crippen molar-refractivity contribution >= 4 is 0 Å². The molecule has 0 radical (unpaired) electrons. The number of hydrogen-bond acceptors (Lipinski definition) is 3. The first-order valence-electron chi connectivity index (χ1n) is 7.22. The molecular weight excluding hydrogens is 262 g/mol. The summed E-state index contributed by atoms with van der Waals surface area (Å²) in [5, 5.41) is 3.20. The number of nitrogens with one attached hydrogen (secondary N) is 1. The highest BCUT2D eigenvalue weighted by Crippen LogP contribution is 2.29. The van der Waals surface area contributed by atoms with E-state index >= 15 is 0 Å². The van der Waals surface area contributed by atoms with Gasteiger partial charge in [0.25, 0.3) is 0 Å². The van der Waals surface area contributed by atoms with Gasteiger partial charge in [0.2, 0.25) is 0 Å². The molecule has 0 unspecified atom stereocenters. The summed E-state index contributed by atoms with van der Waals surface area (Å²) in [6.07, 6.45) is 0.191. The minimum Gasteiger partial charge on any atom is -0.497 e. The second kappa shape index (κ2) is 7.14. The molecule has 0 fully saturated rings. The van der Waals surface area contributed by atoms with Gasteiger partial charge >= 0.3 is 0 Å². The van der Waals surface area contributed by atoms with Crippen LogP contribution in [0.25, 0.3) is 11.1 Å². The van der Waals surface area contributed by atoms with E-state index in [-0.39, 0.29) is 6.10 Å². The molecule has 0 aliphatic carbocycles. The number of methoxy groups -OCH3 is 1. The molecule has 1 N–H and O–H groups in total. The fourth-order valence-corrected chi connectivity index (χ4v) is 2.30. The van der Waals surface area contributed by atoms with Crippen LogP contribution < -0.4 is 14.8 Å². The molecule has 2 aromatic carbocycles. The predicted octanol–water partition coefficient (Wildman–Crippen LogP) is 3.87. The van der Waals surface area contributed by atoms with Crippen molar-refractivity contribution in [1.82, 2.24) is 5.32 Å². The molecule has 0 saturated carbocycles. The van der Waals surface area contributed by atoms with Crippen LogP contribution in [0.4, 0.5) is 0 Å². The van der Waals surface area contributed by atoms with E-state index in [2.05, 4.69) is 29.6 Å². The van der Waals surface area contributed by atoms with E-state index in [1.54, 1.807) is 7.11 Å². The second-order valence-corrected chi connectivity index (χ2v) is 5.24. The third kappa shape index (κ3) is 3.99. The number of ether oxygens (including phenoxy) is 2. The molecule has 2 aromatic rings. The zero-order chi connectivity index (χ0) is 15.2. The second-order valence-electron chi connectivity index (χ2n) is 5.24. The molecule has 112 valence electrons. The third-order valence-electron chi connectivity index (χ3n) is 3.22. The van der Waals surface area contributed by atoms with E-state index in [1.807, 2.05) is 39.1 Å². The molecule has 0 amide bonds. The standard InChI is InChI=1S/C18H23NO2/c1-13(2)21-16-7-5-14(6-8-16)18-10-9-17(20-4)11-15(18)12-19-3/h5-11,13,19H,12H2,1-4H3. The van der Waals surface area contributed by atoms with Crippen molar-refractivity contribution in [2.75, 3.05) is 14.2 Å². The quantitative estimate of drug-likeness (QED) is 0.874. The summed E-state index contributed by atoms with van der Waals surface area (Å²) in [4.78, 5) is 0. The highest BCUT2D eigenvalue weighted by Gasteiger charge is 2.07. The Bertz CT molecular complexity index is 576. The Hall–Kier alpha value is -2.00. The molecule has 0 atom stereocenters. The molecule has 3 nitrogen and oxygen atoms in total. The maximum absolute atomic E-state index is 5.69. The van der Waals surface area contributed by atoms with Crippen LogP contribution in [0.1, 0.15) is 19.4 Å². The van der Waals surface area contributed by atoms with Gasteiger partial charge in [0, 0.05) is 6.54 Å². The van der Waals surface area contributed by atoms with Gasteiger partial charge in [-0.25, -0.2) is 0 Å². The topological polar surface area (TPSA) is 30.5 Å². The molecular formula is C18H23NO2. The fraction of sp³-hybridized carbons (Fsp3) is 0.333. The van der Waals surface area contributed by atoms with E-state index in [9.17, 15) is 0 Å². The van der Waals surface area contributed by atoms with Crippen molar-refractivity contribution < 1.29 is 9.47 Å². The van der Waals surface area contributed by atoms with Gasteiger partial charge in [0.1, 0.15) is 11.5 Å². The summed E-state index contributed by atoms with van der Waals surface area (Å²) < 4.78 is 11.0. The Morgan fingerprint density at radius 2 is 1.67 bits per heavy atom. The summed E-state index contributed by atoms with van der Waals surface area (Å²) in [5.41, 5.74) is 3.61. The van der Waals surface area contributed by atoms with E-state index in [4.69, 9.17) is 9.47 Å². The van der Waals surface area contributed by atoms with E-state index in [0.717, 1.165) is 18.0 Å². The van der Waals surface area contributed by atoms with Gasteiger partial charge in [-0.1, -0.05) is 18.2 Å². The third-order valence-corrected chi connectivity index (χ3v) is 3.22. The van der Waals surface area contributed by atoms with Crippen LogP contribution in [0.3, 0.4) is 0 Å². The van der Waals surface area contributed by atoms with Crippen LogP contribution >= 0.6 is 0 Å². The van der Waals surface area contributed by atoms with Crippen molar-refractivity contribution in [3.05, 3.63) is 48.0 Å². The lowest BCUT2D eigenvalue weighted by molar-refractivity contribution is 0.242. The summed E-state index contributed by atoms with van der Waals surface area (Å²) in [6, 6.07) is 14.4. The fourth-order valence-electron chi connectivity index (χ4n) is 2.30. The molecule has 0 bridgehead atoms. The number of hydrogen-bond donors (Lipinski definition) is 1. The SMILES string of the molecule is CNCc1cc(OC)ccc1-c1ccc(OC(C)C)cc1. The van der Waals surface area contributed by atoms with Crippen LogP contribution in [-0.4, -0.2) is 20.3 Å². The molecule has 0 aliphatic rings. The predicted molar refractivity (Wildman–Crippen MR) is 87.0 cm³/mol. The van der Waals surface area contributed by atoms with Gasteiger partial charge in [-0.05, 0) is 61.9 Å². The van der Waals surface area contributed by atoms with Crippen LogP contribution in [0.5, 0.6) is 11.5 Å². The normalized spacial score (nSPS) is 10.7. The lowest BCUT2D eigenvalue weighted by Crippen LogP contribution is -2.07. The monoisotopic (exact) mass is 285 g/mol. The maximum atomic E-state index is 5.69. The molecule has 21 heavy (non-hydrogen) atoms. The van der Waals surface area contributed by atoms with Crippen molar-refractivity contribution in [2.24, 2.45) is 0 Å². The van der Waals surface area contributed by atoms with Gasteiger partial charge in [-0.2, -0.15) is 0 Å². The summed E-state index contributed by atoms with van der Waals surface area (Å²) in [7, 11) is 3.64. The van der Waals surface area contributed by atoms with Crippen LogP contribution in [0.15, 0.2) is 42.5 Å². The minimum absolute atomic E-state index is 0.191. The molecule has 0 heterocycles. The Labute approximate surface area is 126 Å². The summed E-state index contributed by atoms with van der Waals surface area (Å²) in [6.45, 7) is 4.86. The molecule has 0 saturated heterocycles. The van der Waals surface area contributed by atoms with Gasteiger partial charge in [0.05, 0.1) is 13.2 Å². The van der Waals surface area contributed by atoms with Crippen molar-refractivity contribution in [1.29, 1.82) is 0 Å². The summed E-state index contributed by atoms with van der Waals surface area (Å²) >= 11 is 0. The lowest BCUT2D eigenvalue weighted by Gasteiger charge is -2.13. The number of benzene rings is 2. The number of rotatable bonds is 6.